The van der Waals surface area contributed by atoms with E-state index in [0.717, 1.165) is 33.7 Å². The Labute approximate surface area is 123 Å². The van der Waals surface area contributed by atoms with Gasteiger partial charge < -0.3 is 19.2 Å². The maximum absolute atomic E-state index is 5.35. The standard InChI is InChI=1S/C17H17NO3/c1-19-13-6-4-11-8-14(18-15(11)10-13)12-5-7-16(20-2)17(9-12)21-3/h4-10,18H,1-3H3. The van der Waals surface area contributed by atoms with Crippen molar-refractivity contribution in [2.75, 3.05) is 21.3 Å². The normalized spacial score (nSPS) is 10.6. The minimum absolute atomic E-state index is 0.714. The third-order valence-corrected chi connectivity index (χ3v) is 3.52. The molecule has 0 atom stereocenters. The first-order valence-corrected chi connectivity index (χ1v) is 6.64. The van der Waals surface area contributed by atoms with Crippen molar-refractivity contribution >= 4 is 10.9 Å². The molecule has 0 aliphatic carbocycles. The van der Waals surface area contributed by atoms with Crippen LogP contribution in [0.1, 0.15) is 0 Å². The molecule has 0 saturated heterocycles. The molecule has 108 valence electrons. The number of H-pyrrole nitrogens is 1. The summed E-state index contributed by atoms with van der Waals surface area (Å²) in [5.74, 6) is 2.27. The average molecular weight is 283 g/mol. The van der Waals surface area contributed by atoms with Gasteiger partial charge in [-0.15, -0.1) is 0 Å². The van der Waals surface area contributed by atoms with Gasteiger partial charge in [-0.3, -0.25) is 0 Å². The zero-order valence-electron chi connectivity index (χ0n) is 12.3. The summed E-state index contributed by atoms with van der Waals surface area (Å²) in [5.41, 5.74) is 3.11. The van der Waals surface area contributed by atoms with Gasteiger partial charge in [0, 0.05) is 28.2 Å². The van der Waals surface area contributed by atoms with Gasteiger partial charge in [-0.2, -0.15) is 0 Å². The molecule has 0 amide bonds. The summed E-state index contributed by atoms with van der Waals surface area (Å²) in [6.45, 7) is 0. The van der Waals surface area contributed by atoms with E-state index in [0.29, 0.717) is 5.75 Å². The lowest BCUT2D eigenvalue weighted by atomic mass is 10.1. The molecule has 1 aromatic heterocycles. The maximum atomic E-state index is 5.35. The number of methoxy groups -OCH3 is 3. The molecule has 1 N–H and O–H groups in total. The second-order valence-electron chi connectivity index (χ2n) is 4.71. The van der Waals surface area contributed by atoms with Gasteiger partial charge in [0.1, 0.15) is 5.75 Å². The largest absolute Gasteiger partial charge is 0.497 e. The molecule has 21 heavy (non-hydrogen) atoms. The minimum atomic E-state index is 0.714. The van der Waals surface area contributed by atoms with Crippen LogP contribution < -0.4 is 14.2 Å². The number of aromatic amines is 1. The van der Waals surface area contributed by atoms with E-state index in [-0.39, 0.29) is 0 Å². The first-order valence-electron chi connectivity index (χ1n) is 6.64. The van der Waals surface area contributed by atoms with Crippen molar-refractivity contribution < 1.29 is 14.2 Å². The SMILES string of the molecule is COc1ccc2cc(-c3ccc(OC)c(OC)c3)[nH]c2c1. The fraction of sp³-hybridized carbons (Fsp3) is 0.176. The number of hydrogen-bond acceptors (Lipinski definition) is 3. The number of fused-ring (bicyclic) bond motifs is 1. The molecule has 0 radical (unpaired) electrons. The first kappa shape index (κ1) is 13.4. The van der Waals surface area contributed by atoms with Gasteiger partial charge in [0.15, 0.2) is 11.5 Å². The third kappa shape index (κ3) is 2.40. The Hall–Kier alpha value is -2.62. The lowest BCUT2D eigenvalue weighted by molar-refractivity contribution is 0.355. The van der Waals surface area contributed by atoms with Crippen LogP contribution >= 0.6 is 0 Å². The van der Waals surface area contributed by atoms with Gasteiger partial charge in [-0.05, 0) is 36.4 Å². The van der Waals surface area contributed by atoms with E-state index in [9.17, 15) is 0 Å². The Bertz CT molecular complexity index is 777. The fourth-order valence-corrected chi connectivity index (χ4v) is 2.39. The van der Waals surface area contributed by atoms with E-state index >= 15 is 0 Å². The second kappa shape index (κ2) is 5.40. The predicted octanol–water partition coefficient (Wildman–Crippen LogP) is 3.86. The van der Waals surface area contributed by atoms with Gasteiger partial charge in [-0.25, -0.2) is 0 Å². The number of ether oxygens (including phenoxy) is 3. The van der Waals surface area contributed by atoms with E-state index in [1.54, 1.807) is 21.3 Å². The number of hydrogen-bond donors (Lipinski definition) is 1. The van der Waals surface area contributed by atoms with Gasteiger partial charge in [-0.1, -0.05) is 0 Å². The average Bonchev–Trinajstić information content (AvgIpc) is 2.96. The summed E-state index contributed by atoms with van der Waals surface area (Å²) >= 11 is 0. The summed E-state index contributed by atoms with van der Waals surface area (Å²) in [7, 11) is 4.93. The highest BCUT2D eigenvalue weighted by molar-refractivity contribution is 5.87. The number of rotatable bonds is 4. The highest BCUT2D eigenvalue weighted by Gasteiger charge is 2.09. The molecular formula is C17H17NO3. The molecular weight excluding hydrogens is 266 g/mol. The van der Waals surface area contributed by atoms with Crippen molar-refractivity contribution in [2.24, 2.45) is 0 Å². The van der Waals surface area contributed by atoms with Crippen molar-refractivity contribution in [3.8, 4) is 28.5 Å². The number of benzene rings is 2. The van der Waals surface area contributed by atoms with Crippen LogP contribution in [-0.2, 0) is 0 Å². The van der Waals surface area contributed by atoms with Crippen LogP contribution in [0.4, 0.5) is 0 Å². The lowest BCUT2D eigenvalue weighted by Crippen LogP contribution is -1.90. The smallest absolute Gasteiger partial charge is 0.161 e. The molecule has 0 aliphatic rings. The van der Waals surface area contributed by atoms with Crippen LogP contribution in [0.5, 0.6) is 17.2 Å². The van der Waals surface area contributed by atoms with Crippen molar-refractivity contribution in [3.05, 3.63) is 42.5 Å². The zero-order valence-corrected chi connectivity index (χ0v) is 12.3. The van der Waals surface area contributed by atoms with Crippen LogP contribution in [0, 0.1) is 0 Å². The summed E-state index contributed by atoms with van der Waals surface area (Å²) in [4.78, 5) is 3.40. The summed E-state index contributed by atoms with van der Waals surface area (Å²) < 4.78 is 15.9. The summed E-state index contributed by atoms with van der Waals surface area (Å²) in [5, 5.41) is 1.14. The van der Waals surface area contributed by atoms with Crippen molar-refractivity contribution in [2.45, 2.75) is 0 Å². The second-order valence-corrected chi connectivity index (χ2v) is 4.71. The molecule has 4 heteroatoms. The van der Waals surface area contributed by atoms with Gasteiger partial charge >= 0.3 is 0 Å². The van der Waals surface area contributed by atoms with E-state index in [2.05, 4.69) is 11.1 Å². The molecule has 0 saturated carbocycles. The number of aromatic nitrogens is 1. The van der Waals surface area contributed by atoms with Crippen LogP contribution in [-0.4, -0.2) is 26.3 Å². The molecule has 0 aliphatic heterocycles. The molecule has 1 heterocycles. The quantitative estimate of drug-likeness (QED) is 0.790. The summed E-state index contributed by atoms with van der Waals surface area (Å²) in [6, 6.07) is 13.9. The summed E-state index contributed by atoms with van der Waals surface area (Å²) in [6.07, 6.45) is 0. The van der Waals surface area contributed by atoms with Crippen molar-refractivity contribution in [3.63, 3.8) is 0 Å². The van der Waals surface area contributed by atoms with Crippen LogP contribution in [0.15, 0.2) is 42.5 Å². The topological polar surface area (TPSA) is 43.5 Å². The highest BCUT2D eigenvalue weighted by Crippen LogP contribution is 2.33. The van der Waals surface area contributed by atoms with Crippen LogP contribution in [0.2, 0.25) is 0 Å². The van der Waals surface area contributed by atoms with Crippen molar-refractivity contribution in [1.29, 1.82) is 0 Å². The molecule has 3 aromatic rings. The van der Waals surface area contributed by atoms with E-state index in [1.807, 2.05) is 36.4 Å². The maximum Gasteiger partial charge on any atom is 0.161 e. The molecule has 0 bridgehead atoms. The number of nitrogens with one attached hydrogen (secondary N) is 1. The van der Waals surface area contributed by atoms with E-state index in [4.69, 9.17) is 14.2 Å². The molecule has 3 rings (SSSR count). The molecule has 0 spiro atoms. The molecule has 4 nitrogen and oxygen atoms in total. The van der Waals surface area contributed by atoms with E-state index < -0.39 is 0 Å². The fourth-order valence-electron chi connectivity index (χ4n) is 2.39. The Morgan fingerprint density at radius 3 is 2.29 bits per heavy atom. The van der Waals surface area contributed by atoms with Crippen molar-refractivity contribution in [1.82, 2.24) is 4.98 Å². The zero-order chi connectivity index (χ0) is 14.8. The molecule has 2 aromatic carbocycles. The molecule has 0 fully saturated rings. The monoisotopic (exact) mass is 283 g/mol. The Balaban J connectivity index is 2.07. The van der Waals surface area contributed by atoms with Gasteiger partial charge in [0.25, 0.3) is 0 Å². The van der Waals surface area contributed by atoms with E-state index in [1.165, 1.54) is 0 Å². The van der Waals surface area contributed by atoms with Crippen LogP contribution in [0.25, 0.3) is 22.2 Å². The van der Waals surface area contributed by atoms with Gasteiger partial charge in [0.05, 0.1) is 21.3 Å². The Kier molecular flexibility index (Phi) is 3.44. The van der Waals surface area contributed by atoms with Crippen LogP contribution in [0.3, 0.4) is 0 Å². The third-order valence-electron chi connectivity index (χ3n) is 3.52. The van der Waals surface area contributed by atoms with Gasteiger partial charge in [0.2, 0.25) is 0 Å². The Morgan fingerprint density at radius 2 is 1.57 bits per heavy atom. The predicted molar refractivity (Wildman–Crippen MR) is 83.4 cm³/mol. The minimum Gasteiger partial charge on any atom is -0.497 e. The highest BCUT2D eigenvalue weighted by atomic mass is 16.5. The first-order chi connectivity index (χ1) is 10.2. The molecule has 0 unspecified atom stereocenters. The Morgan fingerprint density at radius 1 is 0.762 bits per heavy atom. The lowest BCUT2D eigenvalue weighted by Gasteiger charge is -2.08.